The van der Waals surface area contributed by atoms with E-state index in [4.69, 9.17) is 16.3 Å². The van der Waals surface area contributed by atoms with Crippen LogP contribution in [0.5, 0.6) is 0 Å². The maximum atomic E-state index is 6.40. The SMILES string of the molecule is CCc1cnc2c(c(C)nn2CCCOC)c1Cl. The van der Waals surface area contributed by atoms with Crippen LogP contribution in [0.3, 0.4) is 0 Å². The second-order valence-electron chi connectivity index (χ2n) is 4.30. The number of aromatic nitrogens is 3. The van der Waals surface area contributed by atoms with E-state index in [1.807, 2.05) is 17.8 Å². The number of aryl methyl sites for hydroxylation is 3. The molecule has 0 radical (unpaired) electrons. The van der Waals surface area contributed by atoms with Gasteiger partial charge in [-0.2, -0.15) is 5.10 Å². The summed E-state index contributed by atoms with van der Waals surface area (Å²) in [5.74, 6) is 0. The standard InChI is InChI=1S/C13H18ClN3O/c1-4-10-8-15-13-11(12(10)14)9(2)16-17(13)6-5-7-18-3/h8H,4-7H2,1-3H3. The molecule has 0 saturated carbocycles. The van der Waals surface area contributed by atoms with Crippen LogP contribution in [0.2, 0.25) is 5.02 Å². The lowest BCUT2D eigenvalue weighted by molar-refractivity contribution is 0.189. The molecule has 0 fully saturated rings. The Morgan fingerprint density at radius 3 is 2.89 bits per heavy atom. The van der Waals surface area contributed by atoms with Gasteiger partial charge >= 0.3 is 0 Å². The van der Waals surface area contributed by atoms with Crippen LogP contribution in [0.25, 0.3) is 11.0 Å². The molecule has 0 atom stereocenters. The Bertz CT molecular complexity index is 551. The zero-order valence-corrected chi connectivity index (χ0v) is 11.8. The van der Waals surface area contributed by atoms with Crippen molar-refractivity contribution in [2.75, 3.05) is 13.7 Å². The summed E-state index contributed by atoms with van der Waals surface area (Å²) in [6, 6.07) is 0. The smallest absolute Gasteiger partial charge is 0.159 e. The van der Waals surface area contributed by atoms with E-state index < -0.39 is 0 Å². The highest BCUT2D eigenvalue weighted by Gasteiger charge is 2.14. The first kappa shape index (κ1) is 13.3. The molecule has 2 aromatic heterocycles. The Morgan fingerprint density at radius 2 is 2.22 bits per heavy atom. The average Bonchev–Trinajstić information content (AvgIpc) is 2.68. The molecular weight excluding hydrogens is 250 g/mol. The van der Waals surface area contributed by atoms with Crippen LogP contribution < -0.4 is 0 Å². The number of rotatable bonds is 5. The molecule has 0 aliphatic rings. The lowest BCUT2D eigenvalue weighted by Crippen LogP contribution is -2.04. The van der Waals surface area contributed by atoms with Crippen molar-refractivity contribution in [3.05, 3.63) is 22.5 Å². The summed E-state index contributed by atoms with van der Waals surface area (Å²) in [7, 11) is 1.70. The van der Waals surface area contributed by atoms with Crippen molar-refractivity contribution >= 4 is 22.6 Å². The van der Waals surface area contributed by atoms with Gasteiger partial charge in [0.1, 0.15) is 0 Å². The topological polar surface area (TPSA) is 39.9 Å². The Kier molecular flexibility index (Phi) is 4.19. The third-order valence-electron chi connectivity index (χ3n) is 3.04. The number of pyridine rings is 1. The minimum atomic E-state index is 0.723. The van der Waals surface area contributed by atoms with Gasteiger partial charge in [-0.25, -0.2) is 9.67 Å². The number of nitrogens with zero attached hydrogens (tertiary/aromatic N) is 3. The van der Waals surface area contributed by atoms with Gasteiger partial charge < -0.3 is 4.74 Å². The van der Waals surface area contributed by atoms with Gasteiger partial charge in [-0.15, -0.1) is 0 Å². The van der Waals surface area contributed by atoms with Crippen molar-refractivity contribution in [1.82, 2.24) is 14.8 Å². The predicted molar refractivity (Wildman–Crippen MR) is 73.1 cm³/mol. The highest BCUT2D eigenvalue weighted by atomic mass is 35.5. The van der Waals surface area contributed by atoms with Crippen LogP contribution in [0.1, 0.15) is 24.6 Å². The minimum Gasteiger partial charge on any atom is -0.385 e. The first-order valence-corrected chi connectivity index (χ1v) is 6.56. The van der Waals surface area contributed by atoms with Crippen molar-refractivity contribution in [2.45, 2.75) is 33.2 Å². The summed E-state index contributed by atoms with van der Waals surface area (Å²) in [6.07, 6.45) is 3.65. The van der Waals surface area contributed by atoms with Gasteiger partial charge in [-0.1, -0.05) is 18.5 Å². The molecule has 0 amide bonds. The molecule has 0 saturated heterocycles. The van der Waals surface area contributed by atoms with E-state index in [0.29, 0.717) is 0 Å². The maximum absolute atomic E-state index is 6.40. The van der Waals surface area contributed by atoms with E-state index in [1.165, 1.54) is 0 Å². The van der Waals surface area contributed by atoms with E-state index in [2.05, 4.69) is 17.0 Å². The van der Waals surface area contributed by atoms with Gasteiger partial charge in [0.15, 0.2) is 5.65 Å². The molecule has 4 nitrogen and oxygen atoms in total. The van der Waals surface area contributed by atoms with Crippen LogP contribution in [0.15, 0.2) is 6.20 Å². The quantitative estimate of drug-likeness (QED) is 0.782. The molecule has 2 aromatic rings. The fraction of sp³-hybridized carbons (Fsp3) is 0.538. The van der Waals surface area contributed by atoms with E-state index in [9.17, 15) is 0 Å². The predicted octanol–water partition coefficient (Wildman–Crippen LogP) is 2.99. The highest BCUT2D eigenvalue weighted by Crippen LogP contribution is 2.28. The molecular formula is C13H18ClN3O. The van der Waals surface area contributed by atoms with Gasteiger partial charge in [0, 0.05) is 26.5 Å². The van der Waals surface area contributed by atoms with Crippen LogP contribution >= 0.6 is 11.6 Å². The molecule has 0 aliphatic carbocycles. The summed E-state index contributed by atoms with van der Waals surface area (Å²) >= 11 is 6.40. The number of hydrogen-bond acceptors (Lipinski definition) is 3. The third-order valence-corrected chi connectivity index (χ3v) is 3.48. The number of hydrogen-bond donors (Lipinski definition) is 0. The Labute approximate surface area is 112 Å². The number of halogens is 1. The van der Waals surface area contributed by atoms with Gasteiger partial charge in [-0.3, -0.25) is 0 Å². The van der Waals surface area contributed by atoms with Crippen molar-refractivity contribution in [3.8, 4) is 0 Å². The molecule has 2 heterocycles. The Balaban J connectivity index is 2.42. The molecule has 0 aliphatic heterocycles. The van der Waals surface area contributed by atoms with Gasteiger partial charge in [-0.05, 0) is 25.3 Å². The zero-order valence-electron chi connectivity index (χ0n) is 11.0. The molecule has 0 spiro atoms. The number of fused-ring (bicyclic) bond motifs is 1. The highest BCUT2D eigenvalue weighted by molar-refractivity contribution is 6.36. The fourth-order valence-corrected chi connectivity index (χ4v) is 2.48. The molecule has 2 rings (SSSR count). The fourth-order valence-electron chi connectivity index (χ4n) is 2.07. The molecule has 0 aromatic carbocycles. The molecule has 0 bridgehead atoms. The van der Waals surface area contributed by atoms with E-state index in [-0.39, 0.29) is 0 Å². The van der Waals surface area contributed by atoms with Gasteiger partial charge in [0.05, 0.1) is 16.1 Å². The molecule has 18 heavy (non-hydrogen) atoms. The van der Waals surface area contributed by atoms with Gasteiger partial charge in [0.2, 0.25) is 0 Å². The van der Waals surface area contributed by atoms with Crippen molar-refractivity contribution in [1.29, 1.82) is 0 Å². The summed E-state index contributed by atoms with van der Waals surface area (Å²) in [6.45, 7) is 5.57. The summed E-state index contributed by atoms with van der Waals surface area (Å²) in [4.78, 5) is 4.49. The monoisotopic (exact) mass is 267 g/mol. The Hall–Kier alpha value is -1.13. The molecule has 0 unspecified atom stereocenters. The number of ether oxygens (including phenoxy) is 1. The second-order valence-corrected chi connectivity index (χ2v) is 4.68. The van der Waals surface area contributed by atoms with E-state index in [0.717, 1.165) is 53.3 Å². The van der Waals surface area contributed by atoms with Crippen LogP contribution in [-0.4, -0.2) is 28.5 Å². The lowest BCUT2D eigenvalue weighted by Gasteiger charge is -2.04. The van der Waals surface area contributed by atoms with Gasteiger partial charge in [0.25, 0.3) is 0 Å². The molecule has 98 valence electrons. The van der Waals surface area contributed by atoms with Crippen molar-refractivity contribution in [2.24, 2.45) is 0 Å². The van der Waals surface area contributed by atoms with Crippen molar-refractivity contribution < 1.29 is 4.74 Å². The molecule has 0 N–H and O–H groups in total. The van der Waals surface area contributed by atoms with Crippen molar-refractivity contribution in [3.63, 3.8) is 0 Å². The third kappa shape index (κ3) is 2.35. The average molecular weight is 268 g/mol. The first-order chi connectivity index (χ1) is 8.69. The normalized spacial score (nSPS) is 11.3. The number of methoxy groups -OCH3 is 1. The Morgan fingerprint density at radius 1 is 1.44 bits per heavy atom. The summed E-state index contributed by atoms with van der Waals surface area (Å²) in [5, 5.41) is 6.28. The van der Waals surface area contributed by atoms with Crippen LogP contribution in [0, 0.1) is 6.92 Å². The second kappa shape index (κ2) is 5.67. The van der Waals surface area contributed by atoms with E-state index in [1.54, 1.807) is 7.11 Å². The molecule has 5 heteroatoms. The maximum Gasteiger partial charge on any atom is 0.159 e. The van der Waals surface area contributed by atoms with E-state index >= 15 is 0 Å². The van der Waals surface area contributed by atoms with Crippen LogP contribution in [-0.2, 0) is 17.7 Å². The summed E-state index contributed by atoms with van der Waals surface area (Å²) < 4.78 is 6.97. The summed E-state index contributed by atoms with van der Waals surface area (Å²) in [5.41, 5.74) is 2.88. The lowest BCUT2D eigenvalue weighted by atomic mass is 10.1. The zero-order chi connectivity index (χ0) is 13.1. The first-order valence-electron chi connectivity index (χ1n) is 6.18. The minimum absolute atomic E-state index is 0.723. The largest absolute Gasteiger partial charge is 0.385 e. The van der Waals surface area contributed by atoms with Crippen LogP contribution in [0.4, 0.5) is 0 Å².